The van der Waals surface area contributed by atoms with E-state index < -0.39 is 22.0 Å². The van der Waals surface area contributed by atoms with Gasteiger partial charge in [-0.2, -0.15) is 0 Å². The molecule has 2 rings (SSSR count). The number of hydrogen-bond donors (Lipinski definition) is 3. The predicted molar refractivity (Wildman–Crippen MR) is 99.7 cm³/mol. The van der Waals surface area contributed by atoms with Crippen LogP contribution in [0.25, 0.3) is 0 Å². The van der Waals surface area contributed by atoms with E-state index in [4.69, 9.17) is 5.73 Å². The van der Waals surface area contributed by atoms with Crippen LogP contribution in [-0.2, 0) is 10.0 Å². The minimum Gasteiger partial charge on any atom is -0.351 e. The first kappa shape index (κ1) is 19.4. The van der Waals surface area contributed by atoms with E-state index in [2.05, 4.69) is 10.6 Å². The van der Waals surface area contributed by atoms with Crippen molar-refractivity contribution in [2.24, 2.45) is 5.73 Å². The third-order valence-corrected chi connectivity index (χ3v) is 5.58. The van der Waals surface area contributed by atoms with E-state index in [-0.39, 0.29) is 4.90 Å². The summed E-state index contributed by atoms with van der Waals surface area (Å²) < 4.78 is 25.8. The highest BCUT2D eigenvalue weighted by Gasteiger charge is 2.20. The molecule has 0 fully saturated rings. The molecule has 9 heteroatoms. The Balaban J connectivity index is 2.23. The van der Waals surface area contributed by atoms with Gasteiger partial charge in [-0.25, -0.2) is 17.5 Å². The van der Waals surface area contributed by atoms with E-state index in [1.54, 1.807) is 19.1 Å². The first-order valence-electron chi connectivity index (χ1n) is 7.62. The molecule has 0 aromatic heterocycles. The lowest BCUT2D eigenvalue weighted by Crippen LogP contribution is -2.23. The standard InChI is InChI=1S/C17H20N4O4S/c1-11-4-7-14(10-15(11)26(24,25)21(2)3)19-16(22)12-5-8-13(9-6-12)20-17(18)23/h4-10H,1-3H3,(H,19,22)(H3,18,20,23). The molecule has 2 aromatic rings. The van der Waals surface area contributed by atoms with Crippen molar-refractivity contribution in [3.63, 3.8) is 0 Å². The third-order valence-electron chi connectivity index (χ3n) is 3.62. The van der Waals surface area contributed by atoms with Crippen LogP contribution in [0.1, 0.15) is 15.9 Å². The van der Waals surface area contributed by atoms with Gasteiger partial charge in [0.1, 0.15) is 0 Å². The smallest absolute Gasteiger partial charge is 0.316 e. The van der Waals surface area contributed by atoms with Crippen LogP contribution in [-0.4, -0.2) is 38.8 Å². The lowest BCUT2D eigenvalue weighted by atomic mass is 10.1. The molecule has 0 aliphatic heterocycles. The second kappa shape index (κ2) is 7.54. The van der Waals surface area contributed by atoms with Gasteiger partial charge in [0.25, 0.3) is 5.91 Å². The number of sulfonamides is 1. The fourth-order valence-electron chi connectivity index (χ4n) is 2.20. The van der Waals surface area contributed by atoms with Crippen molar-refractivity contribution < 1.29 is 18.0 Å². The van der Waals surface area contributed by atoms with E-state index in [1.807, 2.05) is 0 Å². The van der Waals surface area contributed by atoms with Gasteiger partial charge in [0.2, 0.25) is 10.0 Å². The average Bonchev–Trinajstić information content (AvgIpc) is 2.56. The van der Waals surface area contributed by atoms with Crippen molar-refractivity contribution in [3.05, 3.63) is 53.6 Å². The molecule has 0 saturated carbocycles. The number of nitrogens with one attached hydrogen (secondary N) is 2. The van der Waals surface area contributed by atoms with Gasteiger partial charge >= 0.3 is 6.03 Å². The Kier molecular flexibility index (Phi) is 5.63. The van der Waals surface area contributed by atoms with Crippen LogP contribution < -0.4 is 16.4 Å². The van der Waals surface area contributed by atoms with E-state index in [0.717, 1.165) is 4.31 Å². The van der Waals surface area contributed by atoms with Crippen LogP contribution in [0.3, 0.4) is 0 Å². The van der Waals surface area contributed by atoms with Gasteiger partial charge < -0.3 is 16.4 Å². The number of primary amides is 1. The molecule has 3 amide bonds. The van der Waals surface area contributed by atoms with Crippen LogP contribution >= 0.6 is 0 Å². The Morgan fingerprint density at radius 2 is 1.54 bits per heavy atom. The Labute approximate surface area is 152 Å². The number of carbonyl (C=O) groups excluding carboxylic acids is 2. The second-order valence-electron chi connectivity index (χ2n) is 5.79. The Morgan fingerprint density at radius 1 is 0.962 bits per heavy atom. The van der Waals surface area contributed by atoms with Gasteiger partial charge in [0.15, 0.2) is 0 Å². The summed E-state index contributed by atoms with van der Waals surface area (Å²) in [7, 11) is -0.725. The summed E-state index contributed by atoms with van der Waals surface area (Å²) in [5, 5.41) is 5.06. The number of rotatable bonds is 5. The molecule has 0 aliphatic carbocycles. The van der Waals surface area contributed by atoms with Gasteiger partial charge in [0, 0.05) is 31.0 Å². The highest BCUT2D eigenvalue weighted by Crippen LogP contribution is 2.23. The van der Waals surface area contributed by atoms with Crippen molar-refractivity contribution in [3.8, 4) is 0 Å². The molecule has 0 unspecified atom stereocenters. The number of carbonyl (C=O) groups is 2. The van der Waals surface area contributed by atoms with Crippen molar-refractivity contribution in [2.75, 3.05) is 24.7 Å². The molecule has 0 bridgehead atoms. The summed E-state index contributed by atoms with van der Waals surface area (Å²) in [6.07, 6.45) is 0. The highest BCUT2D eigenvalue weighted by atomic mass is 32.2. The van der Waals surface area contributed by atoms with Crippen molar-refractivity contribution in [1.29, 1.82) is 0 Å². The maximum atomic E-state index is 12.4. The van der Waals surface area contributed by atoms with Gasteiger partial charge in [-0.15, -0.1) is 0 Å². The van der Waals surface area contributed by atoms with Gasteiger partial charge in [0.05, 0.1) is 4.90 Å². The molecule has 0 atom stereocenters. The third kappa shape index (κ3) is 4.38. The van der Waals surface area contributed by atoms with Crippen LogP contribution in [0.2, 0.25) is 0 Å². The lowest BCUT2D eigenvalue weighted by molar-refractivity contribution is 0.102. The molecule has 4 N–H and O–H groups in total. The molecule has 2 aromatic carbocycles. The van der Waals surface area contributed by atoms with Crippen molar-refractivity contribution >= 4 is 33.3 Å². The Hall–Kier alpha value is -2.91. The highest BCUT2D eigenvalue weighted by molar-refractivity contribution is 7.89. The van der Waals surface area contributed by atoms with E-state index in [9.17, 15) is 18.0 Å². The fraction of sp³-hybridized carbons (Fsp3) is 0.176. The zero-order valence-electron chi connectivity index (χ0n) is 14.6. The summed E-state index contributed by atoms with van der Waals surface area (Å²) >= 11 is 0. The summed E-state index contributed by atoms with van der Waals surface area (Å²) in [5.74, 6) is -0.410. The Morgan fingerprint density at radius 3 is 2.08 bits per heavy atom. The number of amides is 3. The quantitative estimate of drug-likeness (QED) is 0.738. The molecule has 0 heterocycles. The maximum Gasteiger partial charge on any atom is 0.316 e. The van der Waals surface area contributed by atoms with Crippen LogP contribution in [0, 0.1) is 6.92 Å². The number of urea groups is 1. The van der Waals surface area contributed by atoms with Gasteiger partial charge in [-0.1, -0.05) is 6.07 Å². The monoisotopic (exact) mass is 376 g/mol. The molecule has 138 valence electrons. The average molecular weight is 376 g/mol. The summed E-state index contributed by atoms with van der Waals surface area (Å²) in [5.41, 5.74) is 6.78. The number of nitrogens with zero attached hydrogens (tertiary/aromatic N) is 1. The first-order chi connectivity index (χ1) is 12.1. The van der Waals surface area contributed by atoms with Crippen LogP contribution in [0.15, 0.2) is 47.4 Å². The number of hydrogen-bond acceptors (Lipinski definition) is 4. The van der Waals surface area contributed by atoms with Crippen LogP contribution in [0.5, 0.6) is 0 Å². The topological polar surface area (TPSA) is 122 Å². The lowest BCUT2D eigenvalue weighted by Gasteiger charge is -2.15. The first-order valence-corrected chi connectivity index (χ1v) is 9.06. The van der Waals surface area contributed by atoms with Gasteiger partial charge in [-0.05, 0) is 48.9 Å². The van der Waals surface area contributed by atoms with Crippen molar-refractivity contribution in [2.45, 2.75) is 11.8 Å². The molecule has 0 aliphatic rings. The largest absolute Gasteiger partial charge is 0.351 e. The maximum absolute atomic E-state index is 12.4. The number of nitrogens with two attached hydrogens (primary N) is 1. The number of anilines is 2. The normalized spacial score (nSPS) is 11.2. The molecular weight excluding hydrogens is 356 g/mol. The molecule has 0 saturated heterocycles. The summed E-state index contributed by atoms with van der Waals surface area (Å²) in [6, 6.07) is 10.1. The molecule has 8 nitrogen and oxygen atoms in total. The van der Waals surface area contributed by atoms with E-state index in [1.165, 1.54) is 44.4 Å². The molecule has 0 spiro atoms. The Bertz CT molecular complexity index is 938. The SMILES string of the molecule is Cc1ccc(NC(=O)c2ccc(NC(N)=O)cc2)cc1S(=O)(=O)N(C)C. The number of benzene rings is 2. The summed E-state index contributed by atoms with van der Waals surface area (Å²) in [4.78, 5) is 23.3. The fourth-order valence-corrected chi connectivity index (χ4v) is 3.35. The zero-order valence-corrected chi connectivity index (χ0v) is 15.4. The predicted octanol–water partition coefficient (Wildman–Crippen LogP) is 1.99. The number of aryl methyl sites for hydroxylation is 1. The summed E-state index contributed by atoms with van der Waals surface area (Å²) in [6.45, 7) is 1.69. The molecule has 26 heavy (non-hydrogen) atoms. The zero-order chi connectivity index (χ0) is 19.5. The minimum atomic E-state index is -3.62. The second-order valence-corrected chi connectivity index (χ2v) is 7.91. The van der Waals surface area contributed by atoms with E-state index in [0.29, 0.717) is 22.5 Å². The van der Waals surface area contributed by atoms with E-state index >= 15 is 0 Å². The minimum absolute atomic E-state index is 0.126. The molecule has 0 radical (unpaired) electrons. The van der Waals surface area contributed by atoms with Crippen LogP contribution in [0.4, 0.5) is 16.2 Å². The molecular formula is C17H20N4O4S. The van der Waals surface area contributed by atoms with Gasteiger partial charge in [-0.3, -0.25) is 4.79 Å². The van der Waals surface area contributed by atoms with Crippen molar-refractivity contribution in [1.82, 2.24) is 4.31 Å².